The molecule has 2 rings (SSSR count). The highest BCUT2D eigenvalue weighted by atomic mass is 79.9. The molecule has 0 unspecified atom stereocenters. The minimum absolute atomic E-state index is 0.0159. The maximum absolute atomic E-state index is 13.4. The van der Waals surface area contributed by atoms with Gasteiger partial charge >= 0.3 is 0 Å². The highest BCUT2D eigenvalue weighted by molar-refractivity contribution is 9.10. The fourth-order valence-electron chi connectivity index (χ4n) is 1.41. The molecule has 0 spiro atoms. The summed E-state index contributed by atoms with van der Waals surface area (Å²) >= 11 is 8.90. The molecule has 6 heteroatoms. The van der Waals surface area contributed by atoms with Gasteiger partial charge < -0.3 is 9.73 Å². The van der Waals surface area contributed by atoms with Crippen molar-refractivity contribution in [1.29, 1.82) is 0 Å². The van der Waals surface area contributed by atoms with Crippen molar-refractivity contribution in [3.05, 3.63) is 57.2 Å². The van der Waals surface area contributed by atoms with Gasteiger partial charge in [0.15, 0.2) is 0 Å². The number of benzene rings is 1. The van der Waals surface area contributed by atoms with Crippen molar-refractivity contribution >= 4 is 33.4 Å². The smallest absolute Gasteiger partial charge is 0.256 e. The number of hydrogen-bond acceptors (Lipinski definition) is 2. The zero-order valence-corrected chi connectivity index (χ0v) is 11.4. The Labute approximate surface area is 116 Å². The van der Waals surface area contributed by atoms with Crippen LogP contribution in [0, 0.1) is 5.82 Å². The van der Waals surface area contributed by atoms with Gasteiger partial charge in [0.1, 0.15) is 5.82 Å². The monoisotopic (exact) mass is 331 g/mol. The van der Waals surface area contributed by atoms with Crippen LogP contribution in [-0.2, 0) is 6.54 Å². The number of hydrogen-bond donors (Lipinski definition) is 1. The quantitative estimate of drug-likeness (QED) is 0.930. The number of furan rings is 1. The lowest BCUT2D eigenvalue weighted by atomic mass is 10.2. The number of halogens is 3. The summed E-state index contributed by atoms with van der Waals surface area (Å²) in [6.07, 6.45) is 1.32. The summed E-state index contributed by atoms with van der Waals surface area (Å²) in [6.45, 7) is 0.0750. The van der Waals surface area contributed by atoms with Gasteiger partial charge in [0, 0.05) is 16.6 Å². The van der Waals surface area contributed by atoms with E-state index in [1.807, 2.05) is 0 Å². The Balaban J connectivity index is 2.06. The molecule has 0 aliphatic rings. The number of nitrogens with one attached hydrogen (secondary N) is 1. The van der Waals surface area contributed by atoms with Crippen molar-refractivity contribution in [2.45, 2.75) is 6.54 Å². The lowest BCUT2D eigenvalue weighted by Crippen LogP contribution is -2.23. The van der Waals surface area contributed by atoms with E-state index < -0.39 is 5.91 Å². The van der Waals surface area contributed by atoms with Gasteiger partial charge in [-0.3, -0.25) is 4.79 Å². The van der Waals surface area contributed by atoms with Crippen LogP contribution in [0.25, 0.3) is 0 Å². The predicted octanol–water partition coefficient (Wildman–Crippen LogP) is 3.76. The molecule has 1 heterocycles. The number of amides is 1. The van der Waals surface area contributed by atoms with E-state index >= 15 is 0 Å². The largest absolute Gasteiger partial charge is 0.452 e. The Morgan fingerprint density at radius 3 is 2.89 bits per heavy atom. The van der Waals surface area contributed by atoms with E-state index in [-0.39, 0.29) is 23.1 Å². The molecule has 0 aliphatic carbocycles. The van der Waals surface area contributed by atoms with Crippen molar-refractivity contribution in [3.8, 4) is 0 Å². The van der Waals surface area contributed by atoms with Crippen molar-refractivity contribution in [2.75, 3.05) is 0 Å². The van der Waals surface area contributed by atoms with Crippen LogP contribution in [0.3, 0.4) is 0 Å². The van der Waals surface area contributed by atoms with Crippen LogP contribution in [0.4, 0.5) is 4.39 Å². The molecule has 0 aliphatic heterocycles. The third-order valence-corrected chi connectivity index (χ3v) is 3.10. The molecule has 1 N–H and O–H groups in total. The number of rotatable bonds is 3. The Morgan fingerprint density at radius 1 is 1.44 bits per heavy atom. The first-order valence-corrected chi connectivity index (χ1v) is 6.20. The molecule has 94 valence electrons. The van der Waals surface area contributed by atoms with Crippen LogP contribution in [0.1, 0.15) is 15.9 Å². The maximum Gasteiger partial charge on any atom is 0.256 e. The molecule has 1 aromatic heterocycles. The maximum atomic E-state index is 13.4. The van der Waals surface area contributed by atoms with Crippen LogP contribution >= 0.6 is 27.5 Å². The second-order valence-corrected chi connectivity index (χ2v) is 4.79. The predicted molar refractivity (Wildman–Crippen MR) is 69.0 cm³/mol. The molecule has 0 atom stereocenters. The topological polar surface area (TPSA) is 42.2 Å². The van der Waals surface area contributed by atoms with Crippen LogP contribution < -0.4 is 5.32 Å². The fourth-order valence-corrected chi connectivity index (χ4v) is 2.01. The molecule has 2 aromatic rings. The summed E-state index contributed by atoms with van der Waals surface area (Å²) in [4.78, 5) is 11.7. The second kappa shape index (κ2) is 5.54. The molecule has 18 heavy (non-hydrogen) atoms. The Kier molecular flexibility index (Phi) is 4.04. The minimum atomic E-state index is -0.409. The van der Waals surface area contributed by atoms with Crippen molar-refractivity contribution < 1.29 is 13.6 Å². The van der Waals surface area contributed by atoms with Crippen molar-refractivity contribution in [2.24, 2.45) is 0 Å². The Hall–Kier alpha value is -1.33. The van der Waals surface area contributed by atoms with Gasteiger partial charge in [-0.25, -0.2) is 4.39 Å². The Bertz CT molecular complexity index is 585. The van der Waals surface area contributed by atoms with Gasteiger partial charge in [-0.05, 0) is 35.9 Å². The van der Waals surface area contributed by atoms with E-state index in [1.165, 1.54) is 18.4 Å². The van der Waals surface area contributed by atoms with Gasteiger partial charge in [-0.2, -0.15) is 0 Å². The first-order chi connectivity index (χ1) is 8.58. The molecular formula is C12H8BrClFNO2. The molecule has 0 radical (unpaired) electrons. The summed E-state index contributed by atoms with van der Waals surface area (Å²) in [5, 5.41) is 2.58. The van der Waals surface area contributed by atoms with Crippen LogP contribution in [0.5, 0.6) is 0 Å². The van der Waals surface area contributed by atoms with Crippen LogP contribution in [-0.4, -0.2) is 5.91 Å². The average Bonchev–Trinajstić information content (AvgIpc) is 2.76. The summed E-state index contributed by atoms with van der Waals surface area (Å²) < 4.78 is 19.0. The molecule has 0 saturated heterocycles. The summed E-state index contributed by atoms with van der Waals surface area (Å²) in [7, 11) is 0. The molecule has 3 nitrogen and oxygen atoms in total. The SMILES string of the molecule is O=C(NCc1cc(Br)ccc1F)c1ccoc1Cl. The van der Waals surface area contributed by atoms with Gasteiger partial charge in [-0.1, -0.05) is 15.9 Å². The average molecular weight is 333 g/mol. The fraction of sp³-hybridized carbons (Fsp3) is 0.0833. The zero-order chi connectivity index (χ0) is 13.1. The summed E-state index contributed by atoms with van der Waals surface area (Å²) in [5.41, 5.74) is 0.615. The number of carbonyl (C=O) groups is 1. The first kappa shape index (κ1) is 13.1. The van der Waals surface area contributed by atoms with E-state index in [9.17, 15) is 9.18 Å². The lowest BCUT2D eigenvalue weighted by Gasteiger charge is -2.06. The molecule has 0 saturated carbocycles. The standard InChI is InChI=1S/C12H8BrClFNO2/c13-8-1-2-10(15)7(5-8)6-16-12(17)9-3-4-18-11(9)14/h1-5H,6H2,(H,16,17). The highest BCUT2D eigenvalue weighted by Crippen LogP contribution is 2.18. The minimum Gasteiger partial charge on any atom is -0.452 e. The van der Waals surface area contributed by atoms with E-state index in [2.05, 4.69) is 21.2 Å². The van der Waals surface area contributed by atoms with Gasteiger partial charge in [0.2, 0.25) is 5.22 Å². The van der Waals surface area contributed by atoms with E-state index in [4.69, 9.17) is 16.0 Å². The van der Waals surface area contributed by atoms with E-state index in [0.717, 1.165) is 4.47 Å². The van der Waals surface area contributed by atoms with Gasteiger partial charge in [-0.15, -0.1) is 0 Å². The molecule has 0 fully saturated rings. The van der Waals surface area contributed by atoms with Crippen molar-refractivity contribution in [1.82, 2.24) is 5.32 Å². The molecule has 1 aromatic carbocycles. The van der Waals surface area contributed by atoms with E-state index in [0.29, 0.717) is 5.56 Å². The second-order valence-electron chi connectivity index (χ2n) is 3.53. The first-order valence-electron chi connectivity index (χ1n) is 5.03. The third kappa shape index (κ3) is 2.91. The van der Waals surface area contributed by atoms with Crippen LogP contribution in [0.15, 0.2) is 39.4 Å². The molecule has 1 amide bonds. The van der Waals surface area contributed by atoms with E-state index in [1.54, 1.807) is 12.1 Å². The highest BCUT2D eigenvalue weighted by Gasteiger charge is 2.13. The molecule has 0 bridgehead atoms. The lowest BCUT2D eigenvalue weighted by molar-refractivity contribution is 0.0950. The van der Waals surface area contributed by atoms with Crippen molar-refractivity contribution in [3.63, 3.8) is 0 Å². The van der Waals surface area contributed by atoms with Crippen LogP contribution in [0.2, 0.25) is 5.22 Å². The van der Waals surface area contributed by atoms with Gasteiger partial charge in [0.25, 0.3) is 5.91 Å². The van der Waals surface area contributed by atoms with Gasteiger partial charge in [0.05, 0.1) is 11.8 Å². The summed E-state index contributed by atoms with van der Waals surface area (Å²) in [6, 6.07) is 5.98. The third-order valence-electron chi connectivity index (χ3n) is 2.31. The zero-order valence-electron chi connectivity index (χ0n) is 9.04. The normalized spacial score (nSPS) is 10.4. The Morgan fingerprint density at radius 2 is 2.22 bits per heavy atom. The number of carbonyl (C=O) groups excluding carboxylic acids is 1. The summed E-state index contributed by atoms with van der Waals surface area (Å²) in [5.74, 6) is -0.787. The molecular weight excluding hydrogens is 324 g/mol.